The van der Waals surface area contributed by atoms with E-state index < -0.39 is 0 Å². The number of nitrogens with one attached hydrogen (secondary N) is 1. The van der Waals surface area contributed by atoms with Gasteiger partial charge in [-0.2, -0.15) is 0 Å². The number of nitrogens with zero attached hydrogens (tertiary/aromatic N) is 2. The molecule has 0 amide bonds. The molecular weight excluding hydrogens is 320 g/mol. The second kappa shape index (κ2) is 7.94. The molecule has 2 aromatic rings. The van der Waals surface area contributed by atoms with Crippen molar-refractivity contribution in [3.63, 3.8) is 0 Å². The third kappa shape index (κ3) is 4.45. The van der Waals surface area contributed by atoms with Crippen LogP contribution in [-0.4, -0.2) is 44.7 Å². The monoisotopic (exact) mass is 344 g/mol. The van der Waals surface area contributed by atoms with Gasteiger partial charge in [-0.1, -0.05) is 0 Å². The van der Waals surface area contributed by atoms with Crippen molar-refractivity contribution >= 4 is 11.6 Å². The fraction of sp³-hybridized carbons (Fsp3) is 0.389. The number of furan rings is 1. The summed E-state index contributed by atoms with van der Waals surface area (Å²) in [5.74, 6) is 2.67. The lowest BCUT2D eigenvalue weighted by atomic mass is 10.2. The first-order valence-electron chi connectivity index (χ1n) is 8.30. The number of likely N-dealkylation sites (N-methyl/N-ethyl adjacent to an activating group) is 1. The van der Waals surface area contributed by atoms with Crippen molar-refractivity contribution in [1.29, 1.82) is 0 Å². The van der Waals surface area contributed by atoms with Gasteiger partial charge >= 0.3 is 0 Å². The summed E-state index contributed by atoms with van der Waals surface area (Å²) < 4.78 is 16.8. The van der Waals surface area contributed by atoms with Crippen molar-refractivity contribution in [2.45, 2.75) is 12.5 Å². The average molecular weight is 344 g/mol. The second-order valence-electron chi connectivity index (χ2n) is 6.06. The van der Waals surface area contributed by atoms with E-state index in [1.54, 1.807) is 6.26 Å². The van der Waals surface area contributed by atoms with Gasteiger partial charge in [-0.05, 0) is 38.4 Å². The van der Waals surface area contributed by atoms with Gasteiger partial charge in [0.2, 0.25) is 0 Å². The molecule has 1 aliphatic rings. The van der Waals surface area contributed by atoms with Crippen LogP contribution in [-0.2, 0) is 0 Å². The number of hydrogen-bond acceptors (Lipinski definition) is 5. The summed E-state index contributed by atoms with van der Waals surface area (Å²) in [5.41, 5.74) is 6.84. The van der Waals surface area contributed by atoms with E-state index in [4.69, 9.17) is 19.6 Å². The van der Waals surface area contributed by atoms with Crippen molar-refractivity contribution in [2.75, 3.05) is 39.2 Å². The van der Waals surface area contributed by atoms with Crippen LogP contribution in [0.2, 0.25) is 0 Å². The van der Waals surface area contributed by atoms with Gasteiger partial charge in [-0.15, -0.1) is 0 Å². The predicted octanol–water partition coefficient (Wildman–Crippen LogP) is 2.47. The van der Waals surface area contributed by atoms with Crippen LogP contribution < -0.4 is 20.5 Å². The first-order chi connectivity index (χ1) is 12.1. The fourth-order valence-electron chi connectivity index (χ4n) is 2.60. The molecule has 7 heteroatoms. The van der Waals surface area contributed by atoms with Gasteiger partial charge in [0.15, 0.2) is 17.5 Å². The molecule has 1 aliphatic heterocycles. The van der Waals surface area contributed by atoms with Gasteiger partial charge in [0.05, 0.1) is 32.1 Å². The van der Waals surface area contributed by atoms with Crippen molar-refractivity contribution in [2.24, 2.45) is 10.7 Å². The Kier molecular flexibility index (Phi) is 5.45. The summed E-state index contributed by atoms with van der Waals surface area (Å²) in [7, 11) is 3.96. The lowest BCUT2D eigenvalue weighted by Gasteiger charge is -2.20. The molecule has 3 N–H and O–H groups in total. The minimum Gasteiger partial charge on any atom is -0.490 e. The van der Waals surface area contributed by atoms with Crippen molar-refractivity contribution < 1.29 is 13.9 Å². The van der Waals surface area contributed by atoms with Crippen LogP contribution in [0.5, 0.6) is 11.5 Å². The molecule has 0 saturated carbocycles. The Labute approximate surface area is 147 Å². The number of nitrogens with two attached hydrogens (primary N) is 1. The Morgan fingerprint density at radius 1 is 1.24 bits per heavy atom. The maximum Gasteiger partial charge on any atom is 0.193 e. The van der Waals surface area contributed by atoms with Gasteiger partial charge in [0, 0.05) is 18.2 Å². The van der Waals surface area contributed by atoms with E-state index >= 15 is 0 Å². The standard InChI is InChI=1S/C18H24N4O3/c1-22(2)14(15-5-3-8-23-15)12-20-18(19)21-13-6-7-16-17(11-13)25-10-4-9-24-16/h3,5-8,11,14H,4,9-10,12H2,1-2H3,(H3,19,20,21). The van der Waals surface area contributed by atoms with Crippen molar-refractivity contribution in [3.8, 4) is 11.5 Å². The minimum absolute atomic E-state index is 0.0270. The molecule has 1 atom stereocenters. The third-order valence-electron chi connectivity index (χ3n) is 3.95. The van der Waals surface area contributed by atoms with Crippen LogP contribution in [0.25, 0.3) is 0 Å². The molecule has 1 unspecified atom stereocenters. The number of rotatable bonds is 5. The van der Waals surface area contributed by atoms with Crippen LogP contribution >= 0.6 is 0 Å². The van der Waals surface area contributed by atoms with E-state index in [9.17, 15) is 0 Å². The van der Waals surface area contributed by atoms with E-state index in [0.29, 0.717) is 25.7 Å². The fourth-order valence-corrected chi connectivity index (χ4v) is 2.60. The molecule has 0 fully saturated rings. The number of guanidine groups is 1. The molecule has 0 saturated heterocycles. The molecule has 1 aromatic carbocycles. The molecule has 134 valence electrons. The van der Waals surface area contributed by atoms with Crippen LogP contribution in [0, 0.1) is 0 Å². The number of ether oxygens (including phenoxy) is 2. The van der Waals surface area contributed by atoms with Gasteiger partial charge in [-0.25, -0.2) is 0 Å². The van der Waals surface area contributed by atoms with E-state index in [-0.39, 0.29) is 6.04 Å². The number of aliphatic imine (C=N–C) groups is 1. The number of anilines is 1. The van der Waals surface area contributed by atoms with E-state index in [2.05, 4.69) is 10.3 Å². The molecule has 25 heavy (non-hydrogen) atoms. The van der Waals surface area contributed by atoms with Gasteiger partial charge in [-0.3, -0.25) is 9.89 Å². The number of hydrogen-bond donors (Lipinski definition) is 2. The largest absolute Gasteiger partial charge is 0.490 e. The Morgan fingerprint density at radius 2 is 2.04 bits per heavy atom. The average Bonchev–Trinajstić information content (AvgIpc) is 3.00. The number of fused-ring (bicyclic) bond motifs is 1. The zero-order chi connectivity index (χ0) is 17.6. The molecule has 3 rings (SSSR count). The van der Waals surface area contributed by atoms with E-state index in [0.717, 1.165) is 29.4 Å². The molecule has 0 spiro atoms. The summed E-state index contributed by atoms with van der Waals surface area (Å²) in [6.07, 6.45) is 2.54. The molecule has 2 heterocycles. The smallest absolute Gasteiger partial charge is 0.193 e. The van der Waals surface area contributed by atoms with Crippen molar-refractivity contribution in [1.82, 2.24) is 4.90 Å². The highest BCUT2D eigenvalue weighted by Gasteiger charge is 2.16. The summed E-state index contributed by atoms with van der Waals surface area (Å²) in [5, 5.41) is 3.10. The Bertz CT molecular complexity index is 713. The molecule has 0 aliphatic carbocycles. The number of benzene rings is 1. The summed E-state index contributed by atoms with van der Waals surface area (Å²) in [6.45, 7) is 1.81. The van der Waals surface area contributed by atoms with Crippen LogP contribution in [0.3, 0.4) is 0 Å². The van der Waals surface area contributed by atoms with Gasteiger partial charge < -0.3 is 24.9 Å². The predicted molar refractivity (Wildman–Crippen MR) is 97.3 cm³/mol. The maximum atomic E-state index is 6.03. The third-order valence-corrected chi connectivity index (χ3v) is 3.95. The lowest BCUT2D eigenvalue weighted by molar-refractivity contribution is 0.265. The van der Waals surface area contributed by atoms with E-state index in [1.165, 1.54) is 0 Å². The van der Waals surface area contributed by atoms with Gasteiger partial charge in [0.1, 0.15) is 5.76 Å². The Hall–Kier alpha value is -2.67. The lowest BCUT2D eigenvalue weighted by Crippen LogP contribution is -2.27. The second-order valence-corrected chi connectivity index (χ2v) is 6.06. The Morgan fingerprint density at radius 3 is 2.76 bits per heavy atom. The highest BCUT2D eigenvalue weighted by molar-refractivity contribution is 5.92. The minimum atomic E-state index is 0.0270. The normalized spacial score (nSPS) is 15.7. The summed E-state index contributed by atoms with van der Waals surface area (Å²) >= 11 is 0. The molecule has 1 aromatic heterocycles. The van der Waals surface area contributed by atoms with Crippen LogP contribution in [0.1, 0.15) is 18.2 Å². The maximum absolute atomic E-state index is 6.03. The highest BCUT2D eigenvalue weighted by Crippen LogP contribution is 2.32. The molecular formula is C18H24N4O3. The zero-order valence-electron chi connectivity index (χ0n) is 14.6. The van der Waals surface area contributed by atoms with Crippen molar-refractivity contribution in [3.05, 3.63) is 42.4 Å². The first kappa shape index (κ1) is 17.2. The zero-order valence-corrected chi connectivity index (χ0v) is 14.6. The summed E-state index contributed by atoms with van der Waals surface area (Å²) in [4.78, 5) is 6.48. The van der Waals surface area contributed by atoms with Crippen LogP contribution in [0.4, 0.5) is 5.69 Å². The topological polar surface area (TPSA) is 85.2 Å². The molecule has 0 radical (unpaired) electrons. The molecule has 0 bridgehead atoms. The van der Waals surface area contributed by atoms with Gasteiger partial charge in [0.25, 0.3) is 0 Å². The van der Waals surface area contributed by atoms with E-state index in [1.807, 2.05) is 49.3 Å². The van der Waals surface area contributed by atoms with Crippen LogP contribution in [0.15, 0.2) is 46.0 Å². The SMILES string of the molecule is CN(C)C(CN=C(N)Nc1ccc2c(c1)OCCCO2)c1ccco1. The quantitative estimate of drug-likeness (QED) is 0.640. The first-order valence-corrected chi connectivity index (χ1v) is 8.30. The highest BCUT2D eigenvalue weighted by atomic mass is 16.5. The Balaban J connectivity index is 1.66. The molecule has 7 nitrogen and oxygen atoms in total. The summed E-state index contributed by atoms with van der Waals surface area (Å²) in [6, 6.07) is 9.48.